The molecular formula is C22H28O3. The summed E-state index contributed by atoms with van der Waals surface area (Å²) in [6.07, 6.45) is 6.00. The minimum Gasteiger partial charge on any atom is -0.458 e. The van der Waals surface area contributed by atoms with Gasteiger partial charge in [0.1, 0.15) is 11.9 Å². The molecule has 3 aliphatic rings. The Labute approximate surface area is 150 Å². The minimum atomic E-state index is -0.223. The van der Waals surface area contributed by atoms with E-state index in [1.807, 2.05) is 24.3 Å². The second-order valence-electron chi connectivity index (χ2n) is 9.04. The second-order valence-corrected chi connectivity index (χ2v) is 9.04. The lowest BCUT2D eigenvalue weighted by molar-refractivity contribution is -0.118. The molecule has 0 aliphatic heterocycles. The molecule has 2 bridgehead atoms. The van der Waals surface area contributed by atoms with Crippen LogP contribution in [0.1, 0.15) is 81.1 Å². The largest absolute Gasteiger partial charge is 0.458 e. The number of fused-ring (bicyclic) bond motifs is 2. The van der Waals surface area contributed by atoms with Crippen LogP contribution in [0.25, 0.3) is 0 Å². The van der Waals surface area contributed by atoms with Crippen molar-refractivity contribution in [3.8, 4) is 0 Å². The maximum atomic E-state index is 12.6. The highest BCUT2D eigenvalue weighted by Crippen LogP contribution is 2.66. The van der Waals surface area contributed by atoms with Gasteiger partial charge in [-0.15, -0.1) is 0 Å². The van der Waals surface area contributed by atoms with E-state index < -0.39 is 0 Å². The molecule has 0 saturated heterocycles. The summed E-state index contributed by atoms with van der Waals surface area (Å²) in [4.78, 5) is 24.5. The summed E-state index contributed by atoms with van der Waals surface area (Å²) >= 11 is 0. The first-order chi connectivity index (χ1) is 11.8. The Morgan fingerprint density at radius 2 is 1.84 bits per heavy atom. The Morgan fingerprint density at radius 1 is 1.12 bits per heavy atom. The quantitative estimate of drug-likeness (QED) is 0.735. The van der Waals surface area contributed by atoms with E-state index in [0.29, 0.717) is 23.7 Å². The number of ketones is 1. The van der Waals surface area contributed by atoms with Crippen LogP contribution in [0.5, 0.6) is 0 Å². The summed E-state index contributed by atoms with van der Waals surface area (Å²) < 4.78 is 5.95. The number of ether oxygens (including phenoxy) is 1. The third-order valence-electron chi connectivity index (χ3n) is 7.82. The first-order valence-electron chi connectivity index (χ1n) is 9.66. The van der Waals surface area contributed by atoms with E-state index in [4.69, 9.17) is 4.74 Å². The number of carbonyl (C=O) groups is 2. The summed E-state index contributed by atoms with van der Waals surface area (Å²) in [5, 5.41) is 0. The van der Waals surface area contributed by atoms with Gasteiger partial charge in [-0.3, -0.25) is 4.79 Å². The fourth-order valence-corrected chi connectivity index (χ4v) is 5.53. The standard InChI is InChI=1S/C22H28O3/c1-21(2)16-11-12-22(21,3)19(13-16)25-20(24)15-9-7-14(8-10-15)17-5-4-6-18(17)23/h7-10,16-17,19H,4-6,11-13H2,1-3H3/t16-,17?,19+,22+/m0/s1. The number of benzene rings is 1. The van der Waals surface area contributed by atoms with Crippen molar-refractivity contribution < 1.29 is 14.3 Å². The molecule has 0 radical (unpaired) electrons. The van der Waals surface area contributed by atoms with Crippen LogP contribution in [0, 0.1) is 16.7 Å². The molecule has 3 heteroatoms. The van der Waals surface area contributed by atoms with Gasteiger partial charge in [0.2, 0.25) is 0 Å². The predicted molar refractivity (Wildman–Crippen MR) is 96.5 cm³/mol. The lowest BCUT2D eigenvalue weighted by Gasteiger charge is -2.38. The average molecular weight is 340 g/mol. The Kier molecular flexibility index (Phi) is 3.82. The van der Waals surface area contributed by atoms with E-state index in [1.54, 1.807) is 0 Å². The van der Waals surface area contributed by atoms with Crippen LogP contribution in [0.2, 0.25) is 0 Å². The zero-order valence-electron chi connectivity index (χ0n) is 15.5. The van der Waals surface area contributed by atoms with Gasteiger partial charge < -0.3 is 4.74 Å². The fraction of sp³-hybridized carbons (Fsp3) is 0.636. The first-order valence-corrected chi connectivity index (χ1v) is 9.66. The van der Waals surface area contributed by atoms with Gasteiger partial charge >= 0.3 is 5.97 Å². The van der Waals surface area contributed by atoms with Gasteiger partial charge in [0.25, 0.3) is 0 Å². The van der Waals surface area contributed by atoms with E-state index in [9.17, 15) is 9.59 Å². The average Bonchev–Trinajstić information content (AvgIpc) is 3.16. The summed E-state index contributed by atoms with van der Waals surface area (Å²) in [5.41, 5.74) is 1.96. The van der Waals surface area contributed by atoms with E-state index in [1.165, 1.54) is 6.42 Å². The van der Waals surface area contributed by atoms with Crippen molar-refractivity contribution in [2.24, 2.45) is 16.7 Å². The van der Waals surface area contributed by atoms with Crippen LogP contribution in [-0.4, -0.2) is 17.9 Å². The molecule has 0 spiro atoms. The van der Waals surface area contributed by atoms with Crippen LogP contribution in [0.15, 0.2) is 24.3 Å². The second kappa shape index (κ2) is 5.69. The highest BCUT2D eigenvalue weighted by Gasteiger charge is 2.62. The van der Waals surface area contributed by atoms with Crippen LogP contribution < -0.4 is 0 Å². The Bertz CT molecular complexity index is 702. The predicted octanol–water partition coefficient (Wildman–Crippen LogP) is 4.89. The van der Waals surface area contributed by atoms with Crippen molar-refractivity contribution in [3.63, 3.8) is 0 Å². The topological polar surface area (TPSA) is 43.4 Å². The number of Topliss-reactive ketones (excluding diaryl/α,β-unsaturated/α-hetero) is 1. The SMILES string of the molecule is CC1(C)[C@H]2CC[C@]1(C)[C@H](OC(=O)c1ccc(C3CCCC3=O)cc1)C2. The van der Waals surface area contributed by atoms with Gasteiger partial charge in [-0.1, -0.05) is 32.9 Å². The summed E-state index contributed by atoms with van der Waals surface area (Å²) in [6.45, 7) is 6.94. The van der Waals surface area contributed by atoms with Gasteiger partial charge in [0.05, 0.1) is 5.56 Å². The van der Waals surface area contributed by atoms with Gasteiger partial charge in [-0.25, -0.2) is 4.79 Å². The highest BCUT2D eigenvalue weighted by atomic mass is 16.5. The van der Waals surface area contributed by atoms with Crippen molar-refractivity contribution in [1.29, 1.82) is 0 Å². The van der Waals surface area contributed by atoms with Gasteiger partial charge in [-0.05, 0) is 61.1 Å². The number of rotatable bonds is 3. The number of carbonyl (C=O) groups excluding carboxylic acids is 2. The Morgan fingerprint density at radius 3 is 2.36 bits per heavy atom. The van der Waals surface area contributed by atoms with Crippen LogP contribution in [0.4, 0.5) is 0 Å². The van der Waals surface area contributed by atoms with E-state index in [-0.39, 0.29) is 28.8 Å². The van der Waals surface area contributed by atoms with E-state index in [0.717, 1.165) is 31.2 Å². The molecule has 0 N–H and O–H groups in total. The summed E-state index contributed by atoms with van der Waals surface area (Å²) in [5.74, 6) is 0.785. The maximum absolute atomic E-state index is 12.6. The van der Waals surface area contributed by atoms with E-state index >= 15 is 0 Å². The normalized spacial score (nSPS) is 36.0. The highest BCUT2D eigenvalue weighted by molar-refractivity contribution is 5.90. The van der Waals surface area contributed by atoms with Crippen molar-refractivity contribution >= 4 is 11.8 Å². The lowest BCUT2D eigenvalue weighted by atomic mass is 9.70. The van der Waals surface area contributed by atoms with Gasteiger partial charge in [0.15, 0.2) is 0 Å². The zero-order valence-corrected chi connectivity index (χ0v) is 15.5. The van der Waals surface area contributed by atoms with E-state index in [2.05, 4.69) is 20.8 Å². The molecule has 4 rings (SSSR count). The first kappa shape index (κ1) is 16.8. The van der Waals surface area contributed by atoms with Crippen molar-refractivity contribution in [2.75, 3.05) is 0 Å². The monoisotopic (exact) mass is 340 g/mol. The smallest absolute Gasteiger partial charge is 0.338 e. The molecule has 1 unspecified atom stereocenters. The Hall–Kier alpha value is -1.64. The van der Waals surface area contributed by atoms with Crippen LogP contribution in [0.3, 0.4) is 0 Å². The lowest BCUT2D eigenvalue weighted by Crippen LogP contribution is -2.38. The molecule has 3 saturated carbocycles. The summed E-state index contributed by atoms with van der Waals surface area (Å²) in [7, 11) is 0. The Balaban J connectivity index is 1.46. The van der Waals surface area contributed by atoms with Crippen LogP contribution in [-0.2, 0) is 9.53 Å². The molecular weight excluding hydrogens is 312 g/mol. The fourth-order valence-electron chi connectivity index (χ4n) is 5.53. The van der Waals surface area contributed by atoms with Gasteiger partial charge in [0, 0.05) is 17.8 Å². The van der Waals surface area contributed by atoms with Crippen LogP contribution >= 0.6 is 0 Å². The minimum absolute atomic E-state index is 0.0184. The molecule has 0 heterocycles. The molecule has 1 aromatic carbocycles. The molecule has 3 fully saturated rings. The third kappa shape index (κ3) is 2.46. The molecule has 4 atom stereocenters. The number of esters is 1. The molecule has 25 heavy (non-hydrogen) atoms. The number of hydrogen-bond acceptors (Lipinski definition) is 3. The summed E-state index contributed by atoms with van der Waals surface area (Å²) in [6, 6.07) is 7.50. The zero-order chi connectivity index (χ0) is 17.8. The molecule has 0 aromatic heterocycles. The van der Waals surface area contributed by atoms with Crippen molar-refractivity contribution in [1.82, 2.24) is 0 Å². The van der Waals surface area contributed by atoms with Crippen molar-refractivity contribution in [2.45, 2.75) is 71.3 Å². The number of hydrogen-bond donors (Lipinski definition) is 0. The molecule has 1 aromatic rings. The molecule has 134 valence electrons. The molecule has 3 aliphatic carbocycles. The molecule has 0 amide bonds. The van der Waals surface area contributed by atoms with Gasteiger partial charge in [-0.2, -0.15) is 0 Å². The third-order valence-corrected chi connectivity index (χ3v) is 7.82. The van der Waals surface area contributed by atoms with Crippen molar-refractivity contribution in [3.05, 3.63) is 35.4 Å². The maximum Gasteiger partial charge on any atom is 0.338 e. The molecule has 3 nitrogen and oxygen atoms in total.